The Balaban J connectivity index is 2.03. The summed E-state index contributed by atoms with van der Waals surface area (Å²) in [6.45, 7) is 23.3. The summed E-state index contributed by atoms with van der Waals surface area (Å²) in [5, 5.41) is 0. The van der Waals surface area contributed by atoms with E-state index in [1.54, 1.807) is 0 Å². The molecule has 2 heterocycles. The second-order valence-electron chi connectivity index (χ2n) is 11.3. The molecule has 3 rings (SSSR count). The van der Waals surface area contributed by atoms with Gasteiger partial charge in [-0.05, 0) is 77.3 Å². The van der Waals surface area contributed by atoms with Gasteiger partial charge in [0.2, 0.25) is 0 Å². The summed E-state index contributed by atoms with van der Waals surface area (Å²) in [4.78, 5) is 0. The first-order valence-corrected chi connectivity index (χ1v) is 10.3. The van der Waals surface area contributed by atoms with E-state index >= 15 is 0 Å². The molecular formula is C22H36B2O4. The van der Waals surface area contributed by atoms with Gasteiger partial charge in [-0.2, -0.15) is 0 Å². The summed E-state index contributed by atoms with van der Waals surface area (Å²) >= 11 is 0. The standard InChI is InChI=1S/C22H36B2O4/c1-18(2,3)15-12-16(23-25-19(4,5)20(6,7)26-23)14-17(13-15)24-27-21(8,9)22(10,11)28-24/h12-14H,1-11H3. The van der Waals surface area contributed by atoms with Crippen LogP contribution in [0.2, 0.25) is 0 Å². The summed E-state index contributed by atoms with van der Waals surface area (Å²) in [5.41, 5.74) is 1.72. The molecule has 154 valence electrons. The Hall–Kier alpha value is -0.810. The van der Waals surface area contributed by atoms with Crippen molar-refractivity contribution in [1.82, 2.24) is 0 Å². The van der Waals surface area contributed by atoms with Crippen molar-refractivity contribution in [2.75, 3.05) is 0 Å². The number of hydrogen-bond donors (Lipinski definition) is 0. The van der Waals surface area contributed by atoms with Crippen LogP contribution in [-0.2, 0) is 24.0 Å². The van der Waals surface area contributed by atoms with Gasteiger partial charge in [-0.25, -0.2) is 0 Å². The lowest BCUT2D eigenvalue weighted by Gasteiger charge is -2.32. The van der Waals surface area contributed by atoms with Crippen LogP contribution < -0.4 is 10.9 Å². The molecule has 0 atom stereocenters. The molecule has 2 saturated heterocycles. The zero-order chi connectivity index (χ0) is 21.3. The zero-order valence-electron chi connectivity index (χ0n) is 19.5. The maximum absolute atomic E-state index is 6.31. The lowest BCUT2D eigenvalue weighted by atomic mass is 9.68. The Morgan fingerprint density at radius 1 is 0.571 bits per heavy atom. The molecule has 0 saturated carbocycles. The molecule has 28 heavy (non-hydrogen) atoms. The van der Waals surface area contributed by atoms with Gasteiger partial charge in [-0.1, -0.05) is 39.0 Å². The van der Waals surface area contributed by atoms with E-state index in [0.29, 0.717) is 0 Å². The van der Waals surface area contributed by atoms with E-state index in [1.165, 1.54) is 5.56 Å². The smallest absolute Gasteiger partial charge is 0.399 e. The first-order chi connectivity index (χ1) is 12.5. The molecular weight excluding hydrogens is 350 g/mol. The fourth-order valence-electron chi connectivity index (χ4n) is 3.34. The highest BCUT2D eigenvalue weighted by atomic mass is 16.7. The average Bonchev–Trinajstić information content (AvgIpc) is 2.86. The summed E-state index contributed by atoms with van der Waals surface area (Å²) in [6, 6.07) is 6.49. The molecule has 0 aromatic heterocycles. The molecule has 2 aliphatic heterocycles. The van der Waals surface area contributed by atoms with Crippen molar-refractivity contribution < 1.29 is 18.6 Å². The first kappa shape index (κ1) is 21.9. The number of rotatable bonds is 2. The minimum atomic E-state index is -0.409. The van der Waals surface area contributed by atoms with Gasteiger partial charge >= 0.3 is 14.2 Å². The first-order valence-electron chi connectivity index (χ1n) is 10.3. The van der Waals surface area contributed by atoms with E-state index < -0.39 is 14.2 Å². The van der Waals surface area contributed by atoms with Gasteiger partial charge in [-0.3, -0.25) is 0 Å². The summed E-state index contributed by atoms with van der Waals surface area (Å²) in [5.74, 6) is 0. The van der Waals surface area contributed by atoms with Crippen LogP contribution in [0.4, 0.5) is 0 Å². The van der Waals surface area contributed by atoms with E-state index in [2.05, 4.69) is 94.4 Å². The minimum absolute atomic E-state index is 0.0158. The second kappa shape index (κ2) is 6.34. The van der Waals surface area contributed by atoms with Crippen molar-refractivity contribution in [2.24, 2.45) is 0 Å². The SMILES string of the molecule is CC(C)(C)c1cc(B2OC(C)(C)C(C)(C)O2)cc(B2OC(C)(C)C(C)(C)O2)c1. The Labute approximate surface area is 171 Å². The summed E-state index contributed by atoms with van der Waals surface area (Å²) < 4.78 is 25.3. The van der Waals surface area contributed by atoms with Gasteiger partial charge in [0.05, 0.1) is 22.4 Å². The summed E-state index contributed by atoms with van der Waals surface area (Å²) in [7, 11) is -0.818. The Bertz CT molecular complexity index is 676. The predicted molar refractivity (Wildman–Crippen MR) is 117 cm³/mol. The molecule has 1 aromatic rings. The van der Waals surface area contributed by atoms with Crippen molar-refractivity contribution in [1.29, 1.82) is 0 Å². The van der Waals surface area contributed by atoms with E-state index in [1.807, 2.05) is 0 Å². The topological polar surface area (TPSA) is 36.9 Å². The van der Waals surface area contributed by atoms with E-state index in [-0.39, 0.29) is 27.8 Å². The van der Waals surface area contributed by atoms with Gasteiger partial charge in [0.1, 0.15) is 0 Å². The Morgan fingerprint density at radius 2 is 0.857 bits per heavy atom. The normalized spacial score (nSPS) is 25.4. The molecule has 2 aliphatic rings. The van der Waals surface area contributed by atoms with Crippen LogP contribution in [0.1, 0.15) is 81.7 Å². The molecule has 6 heteroatoms. The molecule has 0 amide bonds. The zero-order valence-corrected chi connectivity index (χ0v) is 19.5. The molecule has 0 bridgehead atoms. The van der Waals surface area contributed by atoms with Crippen LogP contribution in [-0.4, -0.2) is 36.6 Å². The highest BCUT2D eigenvalue weighted by molar-refractivity contribution is 6.66. The van der Waals surface area contributed by atoms with E-state index in [9.17, 15) is 0 Å². The molecule has 0 N–H and O–H groups in total. The van der Waals surface area contributed by atoms with Crippen molar-refractivity contribution in [2.45, 2.75) is 104 Å². The molecule has 0 aliphatic carbocycles. The Morgan fingerprint density at radius 3 is 1.11 bits per heavy atom. The van der Waals surface area contributed by atoms with E-state index in [0.717, 1.165) is 10.9 Å². The van der Waals surface area contributed by atoms with Gasteiger partial charge in [-0.15, -0.1) is 0 Å². The van der Waals surface area contributed by atoms with Gasteiger partial charge in [0.15, 0.2) is 0 Å². The molecule has 4 nitrogen and oxygen atoms in total. The monoisotopic (exact) mass is 386 g/mol. The molecule has 1 aromatic carbocycles. The fraction of sp³-hybridized carbons (Fsp3) is 0.727. The molecule has 0 unspecified atom stereocenters. The summed E-state index contributed by atoms with van der Waals surface area (Å²) in [6.07, 6.45) is 0. The maximum atomic E-state index is 6.31. The van der Waals surface area contributed by atoms with Gasteiger partial charge < -0.3 is 18.6 Å². The van der Waals surface area contributed by atoms with Crippen LogP contribution in [0.5, 0.6) is 0 Å². The fourth-order valence-corrected chi connectivity index (χ4v) is 3.34. The maximum Gasteiger partial charge on any atom is 0.494 e. The number of benzene rings is 1. The van der Waals surface area contributed by atoms with Gasteiger partial charge in [0.25, 0.3) is 0 Å². The molecule has 2 fully saturated rings. The highest BCUT2D eigenvalue weighted by Crippen LogP contribution is 2.38. The average molecular weight is 386 g/mol. The highest BCUT2D eigenvalue weighted by Gasteiger charge is 2.54. The van der Waals surface area contributed by atoms with Crippen molar-refractivity contribution in [3.8, 4) is 0 Å². The minimum Gasteiger partial charge on any atom is -0.399 e. The second-order valence-corrected chi connectivity index (χ2v) is 11.3. The van der Waals surface area contributed by atoms with E-state index in [4.69, 9.17) is 18.6 Å². The third-order valence-electron chi connectivity index (χ3n) is 6.89. The lowest BCUT2D eigenvalue weighted by molar-refractivity contribution is 0.00578. The quantitative estimate of drug-likeness (QED) is 0.729. The van der Waals surface area contributed by atoms with Crippen LogP contribution in [0, 0.1) is 0 Å². The predicted octanol–water partition coefficient (Wildman–Crippen LogP) is 3.58. The van der Waals surface area contributed by atoms with Gasteiger partial charge in [0, 0.05) is 0 Å². The Kier molecular flexibility index (Phi) is 4.96. The largest absolute Gasteiger partial charge is 0.494 e. The molecule has 0 spiro atoms. The van der Waals surface area contributed by atoms with Crippen LogP contribution >= 0.6 is 0 Å². The third-order valence-corrected chi connectivity index (χ3v) is 6.89. The van der Waals surface area contributed by atoms with Crippen molar-refractivity contribution >= 4 is 25.2 Å². The van der Waals surface area contributed by atoms with Crippen LogP contribution in [0.3, 0.4) is 0 Å². The number of hydrogen-bond acceptors (Lipinski definition) is 4. The third kappa shape index (κ3) is 3.69. The lowest BCUT2D eigenvalue weighted by Crippen LogP contribution is -2.42. The van der Waals surface area contributed by atoms with Crippen LogP contribution in [0.15, 0.2) is 18.2 Å². The van der Waals surface area contributed by atoms with Crippen molar-refractivity contribution in [3.63, 3.8) is 0 Å². The molecule has 0 radical (unpaired) electrons. The van der Waals surface area contributed by atoms with Crippen LogP contribution in [0.25, 0.3) is 0 Å². The van der Waals surface area contributed by atoms with Crippen molar-refractivity contribution in [3.05, 3.63) is 23.8 Å².